The number of carbonyl (C=O) groups excluding carboxylic acids is 2. The van der Waals surface area contributed by atoms with Crippen molar-refractivity contribution in [2.24, 2.45) is 5.92 Å². The Morgan fingerprint density at radius 3 is 2.50 bits per heavy atom. The minimum Gasteiger partial charge on any atom is -0.356 e. The molecule has 0 aliphatic heterocycles. The number of rotatable bonds is 8. The van der Waals surface area contributed by atoms with Crippen LogP contribution in [0.2, 0.25) is 0 Å². The van der Waals surface area contributed by atoms with Gasteiger partial charge in [-0.2, -0.15) is 0 Å². The third-order valence-electron chi connectivity index (χ3n) is 3.72. The number of amides is 2. The van der Waals surface area contributed by atoms with Crippen molar-refractivity contribution in [3.05, 3.63) is 35.4 Å². The molecule has 1 rings (SSSR count). The van der Waals surface area contributed by atoms with E-state index in [1.165, 1.54) is 0 Å². The highest BCUT2D eigenvalue weighted by Gasteiger charge is 2.12. The molecule has 4 heteroatoms. The number of nitrogens with one attached hydrogen (secondary N) is 1. The van der Waals surface area contributed by atoms with Gasteiger partial charge in [0.1, 0.15) is 0 Å². The van der Waals surface area contributed by atoms with Crippen LogP contribution in [0.3, 0.4) is 0 Å². The summed E-state index contributed by atoms with van der Waals surface area (Å²) in [6.45, 7) is 9.56. The third kappa shape index (κ3) is 6.74. The second-order valence-corrected chi connectivity index (χ2v) is 6.15. The molecule has 22 heavy (non-hydrogen) atoms. The molecule has 0 aliphatic carbocycles. The lowest BCUT2D eigenvalue weighted by molar-refractivity contribution is -0.130. The number of benzene rings is 1. The third-order valence-corrected chi connectivity index (χ3v) is 3.72. The molecule has 0 bridgehead atoms. The van der Waals surface area contributed by atoms with Crippen LogP contribution >= 0.6 is 0 Å². The molecule has 4 nitrogen and oxygen atoms in total. The molecule has 0 aliphatic rings. The van der Waals surface area contributed by atoms with E-state index < -0.39 is 0 Å². The SMILES string of the molecule is CC(=O)N(CCC(=O)NCCC(C)C)Cc1ccccc1C. The molecule has 0 atom stereocenters. The molecule has 0 fully saturated rings. The molecule has 1 aromatic carbocycles. The number of carbonyl (C=O) groups is 2. The van der Waals surface area contributed by atoms with Gasteiger partial charge in [0.2, 0.25) is 11.8 Å². The van der Waals surface area contributed by atoms with Crippen molar-refractivity contribution in [2.75, 3.05) is 13.1 Å². The lowest BCUT2D eigenvalue weighted by Gasteiger charge is -2.22. The molecule has 1 aromatic rings. The number of aryl methyl sites for hydroxylation is 1. The predicted octanol–water partition coefficient (Wildman–Crippen LogP) is 2.90. The summed E-state index contributed by atoms with van der Waals surface area (Å²) in [5.41, 5.74) is 2.29. The summed E-state index contributed by atoms with van der Waals surface area (Å²) in [5.74, 6) is 0.588. The first-order valence-corrected chi connectivity index (χ1v) is 7.97. The van der Waals surface area contributed by atoms with Gasteiger partial charge >= 0.3 is 0 Å². The maximum Gasteiger partial charge on any atom is 0.221 e. The quantitative estimate of drug-likeness (QED) is 0.803. The van der Waals surface area contributed by atoms with E-state index in [2.05, 4.69) is 19.2 Å². The van der Waals surface area contributed by atoms with Gasteiger partial charge in [0.15, 0.2) is 0 Å². The molecule has 0 aromatic heterocycles. The van der Waals surface area contributed by atoms with Crippen molar-refractivity contribution < 1.29 is 9.59 Å². The highest BCUT2D eigenvalue weighted by molar-refractivity contribution is 5.78. The normalized spacial score (nSPS) is 10.6. The van der Waals surface area contributed by atoms with Crippen LogP contribution < -0.4 is 5.32 Å². The van der Waals surface area contributed by atoms with E-state index in [9.17, 15) is 9.59 Å². The van der Waals surface area contributed by atoms with Gasteiger partial charge in [-0.05, 0) is 30.4 Å². The molecule has 0 saturated carbocycles. The Kier molecular flexibility index (Phi) is 7.64. The van der Waals surface area contributed by atoms with Crippen LogP contribution in [0.5, 0.6) is 0 Å². The minimum atomic E-state index is -0.00164. The van der Waals surface area contributed by atoms with Crippen molar-refractivity contribution in [1.29, 1.82) is 0 Å². The molecular weight excluding hydrogens is 276 g/mol. The molecular formula is C18H28N2O2. The topological polar surface area (TPSA) is 49.4 Å². The summed E-state index contributed by atoms with van der Waals surface area (Å²) in [7, 11) is 0. The fraction of sp³-hybridized carbons (Fsp3) is 0.556. The van der Waals surface area contributed by atoms with E-state index in [0.717, 1.165) is 17.5 Å². The maximum absolute atomic E-state index is 11.8. The Labute approximate surface area is 133 Å². The van der Waals surface area contributed by atoms with Crippen molar-refractivity contribution in [2.45, 2.75) is 47.1 Å². The molecule has 2 amide bonds. The summed E-state index contributed by atoms with van der Waals surface area (Å²) in [6.07, 6.45) is 1.33. The zero-order valence-electron chi connectivity index (χ0n) is 14.2. The van der Waals surface area contributed by atoms with Gasteiger partial charge in [-0.25, -0.2) is 0 Å². The van der Waals surface area contributed by atoms with Crippen LogP contribution in [-0.2, 0) is 16.1 Å². The second-order valence-electron chi connectivity index (χ2n) is 6.15. The minimum absolute atomic E-state index is 0.00164. The standard InChI is InChI=1S/C18H28N2O2/c1-14(2)9-11-19-18(22)10-12-20(16(4)21)13-17-8-6-5-7-15(17)3/h5-8,14H,9-13H2,1-4H3,(H,19,22). The highest BCUT2D eigenvalue weighted by atomic mass is 16.2. The lowest BCUT2D eigenvalue weighted by atomic mass is 10.1. The zero-order chi connectivity index (χ0) is 16.5. The number of hydrogen-bond acceptors (Lipinski definition) is 2. The first-order chi connectivity index (χ1) is 10.4. The summed E-state index contributed by atoms with van der Waals surface area (Å²) in [4.78, 5) is 25.3. The molecule has 0 saturated heterocycles. The monoisotopic (exact) mass is 304 g/mol. The van der Waals surface area contributed by atoms with Crippen LogP contribution in [0.1, 0.15) is 44.7 Å². The maximum atomic E-state index is 11.8. The van der Waals surface area contributed by atoms with E-state index in [1.807, 2.05) is 31.2 Å². The average Bonchev–Trinajstić information content (AvgIpc) is 2.44. The van der Waals surface area contributed by atoms with Crippen LogP contribution in [0, 0.1) is 12.8 Å². The Balaban J connectivity index is 2.46. The van der Waals surface area contributed by atoms with Gasteiger partial charge in [-0.15, -0.1) is 0 Å². The van der Waals surface area contributed by atoms with E-state index in [0.29, 0.717) is 32.0 Å². The Bertz CT molecular complexity index is 498. The average molecular weight is 304 g/mol. The highest BCUT2D eigenvalue weighted by Crippen LogP contribution is 2.11. The summed E-state index contributed by atoms with van der Waals surface area (Å²) in [6, 6.07) is 8.01. The predicted molar refractivity (Wildman–Crippen MR) is 89.4 cm³/mol. The molecule has 1 N–H and O–H groups in total. The zero-order valence-corrected chi connectivity index (χ0v) is 14.2. The van der Waals surface area contributed by atoms with Gasteiger partial charge in [-0.3, -0.25) is 9.59 Å². The van der Waals surface area contributed by atoms with Gasteiger partial charge < -0.3 is 10.2 Å². The van der Waals surface area contributed by atoms with E-state index in [-0.39, 0.29) is 11.8 Å². The van der Waals surface area contributed by atoms with Crippen molar-refractivity contribution in [3.8, 4) is 0 Å². The van der Waals surface area contributed by atoms with Crippen molar-refractivity contribution >= 4 is 11.8 Å². The summed E-state index contributed by atoms with van der Waals surface area (Å²) < 4.78 is 0. The smallest absolute Gasteiger partial charge is 0.221 e. The summed E-state index contributed by atoms with van der Waals surface area (Å²) in [5, 5.41) is 2.91. The van der Waals surface area contributed by atoms with Crippen LogP contribution in [0.15, 0.2) is 24.3 Å². The molecule has 122 valence electrons. The Morgan fingerprint density at radius 2 is 1.91 bits per heavy atom. The van der Waals surface area contributed by atoms with Crippen LogP contribution in [0.25, 0.3) is 0 Å². The van der Waals surface area contributed by atoms with Gasteiger partial charge in [0, 0.05) is 33.0 Å². The van der Waals surface area contributed by atoms with Crippen LogP contribution in [-0.4, -0.2) is 29.8 Å². The largest absolute Gasteiger partial charge is 0.356 e. The van der Waals surface area contributed by atoms with Crippen molar-refractivity contribution in [1.82, 2.24) is 10.2 Å². The lowest BCUT2D eigenvalue weighted by Crippen LogP contribution is -2.34. The van der Waals surface area contributed by atoms with Crippen molar-refractivity contribution in [3.63, 3.8) is 0 Å². The Hall–Kier alpha value is -1.84. The molecule has 0 unspecified atom stereocenters. The Morgan fingerprint density at radius 1 is 1.23 bits per heavy atom. The second kappa shape index (κ2) is 9.23. The van der Waals surface area contributed by atoms with Crippen LogP contribution in [0.4, 0.5) is 0 Å². The van der Waals surface area contributed by atoms with E-state index >= 15 is 0 Å². The summed E-state index contributed by atoms with van der Waals surface area (Å²) >= 11 is 0. The van der Waals surface area contributed by atoms with Gasteiger partial charge in [-0.1, -0.05) is 38.1 Å². The molecule has 0 spiro atoms. The van der Waals surface area contributed by atoms with E-state index in [4.69, 9.17) is 0 Å². The first-order valence-electron chi connectivity index (χ1n) is 7.97. The van der Waals surface area contributed by atoms with Gasteiger partial charge in [0.25, 0.3) is 0 Å². The molecule has 0 heterocycles. The fourth-order valence-electron chi connectivity index (χ4n) is 2.17. The first kappa shape index (κ1) is 18.2. The fourth-order valence-corrected chi connectivity index (χ4v) is 2.17. The number of nitrogens with zero attached hydrogens (tertiary/aromatic N) is 1. The number of hydrogen-bond donors (Lipinski definition) is 1. The van der Waals surface area contributed by atoms with Gasteiger partial charge in [0.05, 0.1) is 0 Å². The van der Waals surface area contributed by atoms with E-state index in [1.54, 1.807) is 11.8 Å². The molecule has 0 radical (unpaired) electrons.